The summed E-state index contributed by atoms with van der Waals surface area (Å²) in [6.45, 7) is 9.32. The lowest BCUT2D eigenvalue weighted by molar-refractivity contribution is 0.0240. The lowest BCUT2D eigenvalue weighted by Crippen LogP contribution is -2.50. The Balaban J connectivity index is 1.63. The SMILES string of the molecule is CC(c1ccc(Cl)cc1Cl)n1nc(C(=O)O)c2ncc(N3CCN(C(=O)OC(C)(C)C)CC3)nc21. The third-order valence-corrected chi connectivity index (χ3v) is 6.19. The van der Waals surface area contributed by atoms with Gasteiger partial charge in [0.2, 0.25) is 0 Å². The highest BCUT2D eigenvalue weighted by atomic mass is 35.5. The van der Waals surface area contributed by atoms with Crippen LogP contribution in [-0.2, 0) is 4.74 Å². The molecule has 1 aromatic carbocycles. The van der Waals surface area contributed by atoms with E-state index < -0.39 is 17.6 Å². The molecule has 1 N–H and O–H groups in total. The lowest BCUT2D eigenvalue weighted by atomic mass is 10.1. The molecule has 3 heterocycles. The molecular formula is C23H26Cl2N6O4. The molecule has 0 bridgehead atoms. The van der Waals surface area contributed by atoms with E-state index in [0.29, 0.717) is 47.7 Å². The first kappa shape index (κ1) is 25.0. The quantitative estimate of drug-likeness (QED) is 0.534. The van der Waals surface area contributed by atoms with Gasteiger partial charge in [-0.2, -0.15) is 5.10 Å². The van der Waals surface area contributed by atoms with Gasteiger partial charge in [0.25, 0.3) is 0 Å². The molecule has 2 aromatic heterocycles. The molecule has 35 heavy (non-hydrogen) atoms. The Morgan fingerprint density at radius 3 is 2.43 bits per heavy atom. The molecule has 1 aliphatic heterocycles. The fourth-order valence-corrected chi connectivity index (χ4v) is 4.45. The zero-order valence-corrected chi connectivity index (χ0v) is 21.3. The van der Waals surface area contributed by atoms with E-state index in [0.717, 1.165) is 5.56 Å². The molecule has 186 valence electrons. The van der Waals surface area contributed by atoms with Gasteiger partial charge in [-0.25, -0.2) is 24.2 Å². The number of carboxylic acid groups (broad SMARTS) is 1. The van der Waals surface area contributed by atoms with Crippen molar-refractivity contribution in [1.82, 2.24) is 24.6 Å². The van der Waals surface area contributed by atoms with Crippen LogP contribution >= 0.6 is 23.2 Å². The molecule has 0 aliphatic carbocycles. The van der Waals surface area contributed by atoms with Crippen LogP contribution in [-0.4, -0.2) is 73.6 Å². The number of rotatable bonds is 4. The van der Waals surface area contributed by atoms with Crippen molar-refractivity contribution in [3.05, 3.63) is 45.7 Å². The highest BCUT2D eigenvalue weighted by Crippen LogP contribution is 2.31. The van der Waals surface area contributed by atoms with E-state index in [4.69, 9.17) is 32.9 Å². The number of nitrogens with zero attached hydrogens (tertiary/aromatic N) is 6. The molecule has 1 saturated heterocycles. The number of carbonyl (C=O) groups is 2. The van der Waals surface area contributed by atoms with Crippen LogP contribution in [0.2, 0.25) is 10.0 Å². The summed E-state index contributed by atoms with van der Waals surface area (Å²) >= 11 is 12.4. The molecule has 12 heteroatoms. The molecule has 1 fully saturated rings. The molecule has 10 nitrogen and oxygen atoms in total. The number of carbonyl (C=O) groups excluding carboxylic acids is 1. The Morgan fingerprint density at radius 2 is 1.83 bits per heavy atom. The van der Waals surface area contributed by atoms with Crippen LogP contribution in [0.4, 0.5) is 10.6 Å². The average Bonchev–Trinajstić information content (AvgIpc) is 3.17. The number of ether oxygens (including phenoxy) is 1. The summed E-state index contributed by atoms with van der Waals surface area (Å²) in [6, 6.07) is 4.68. The molecule has 0 saturated carbocycles. The number of fused-ring (bicyclic) bond motifs is 1. The van der Waals surface area contributed by atoms with Gasteiger partial charge in [0, 0.05) is 36.2 Å². The van der Waals surface area contributed by atoms with E-state index in [9.17, 15) is 14.7 Å². The number of aromatic nitrogens is 4. The topological polar surface area (TPSA) is 114 Å². The highest BCUT2D eigenvalue weighted by Gasteiger charge is 2.28. The normalized spacial score (nSPS) is 15.4. The van der Waals surface area contributed by atoms with Crippen molar-refractivity contribution >= 4 is 52.2 Å². The number of anilines is 1. The number of halogens is 2. The van der Waals surface area contributed by atoms with Gasteiger partial charge in [0.15, 0.2) is 11.3 Å². The first-order valence-corrected chi connectivity index (χ1v) is 11.9. The van der Waals surface area contributed by atoms with E-state index in [1.165, 1.54) is 10.9 Å². The maximum atomic E-state index is 12.4. The number of aromatic carboxylic acids is 1. The Labute approximate surface area is 212 Å². The third kappa shape index (κ3) is 5.28. The molecular weight excluding hydrogens is 495 g/mol. The summed E-state index contributed by atoms with van der Waals surface area (Å²) in [5, 5.41) is 14.9. The monoisotopic (exact) mass is 520 g/mol. The lowest BCUT2D eigenvalue weighted by Gasteiger charge is -2.36. The van der Waals surface area contributed by atoms with Crippen molar-refractivity contribution in [2.45, 2.75) is 39.3 Å². The summed E-state index contributed by atoms with van der Waals surface area (Å²) in [5.74, 6) is -0.634. The van der Waals surface area contributed by atoms with Crippen molar-refractivity contribution in [3.8, 4) is 0 Å². The summed E-state index contributed by atoms with van der Waals surface area (Å²) in [5.41, 5.74) is 0.481. The Morgan fingerprint density at radius 1 is 1.14 bits per heavy atom. The minimum atomic E-state index is -1.20. The minimum absolute atomic E-state index is 0.186. The van der Waals surface area contributed by atoms with Crippen molar-refractivity contribution in [1.29, 1.82) is 0 Å². The fourth-order valence-electron chi connectivity index (χ4n) is 3.88. The van der Waals surface area contributed by atoms with Gasteiger partial charge in [-0.1, -0.05) is 29.3 Å². The molecule has 4 rings (SSSR count). The van der Waals surface area contributed by atoms with Crippen LogP contribution in [0.25, 0.3) is 11.2 Å². The number of benzene rings is 1. The van der Waals surface area contributed by atoms with Gasteiger partial charge in [0.1, 0.15) is 16.9 Å². The first-order chi connectivity index (χ1) is 16.4. The number of carboxylic acids is 1. The van der Waals surface area contributed by atoms with Crippen molar-refractivity contribution in [2.75, 3.05) is 31.1 Å². The molecule has 1 unspecified atom stereocenters. The second-order valence-corrected chi connectivity index (χ2v) is 10.1. The van der Waals surface area contributed by atoms with E-state index in [1.54, 1.807) is 23.1 Å². The predicted molar refractivity (Wildman–Crippen MR) is 133 cm³/mol. The van der Waals surface area contributed by atoms with Crippen LogP contribution in [0.3, 0.4) is 0 Å². The predicted octanol–water partition coefficient (Wildman–Crippen LogP) is 4.50. The Kier molecular flexibility index (Phi) is 6.79. The summed E-state index contributed by atoms with van der Waals surface area (Å²) in [7, 11) is 0. The van der Waals surface area contributed by atoms with Crippen molar-refractivity contribution in [3.63, 3.8) is 0 Å². The zero-order valence-electron chi connectivity index (χ0n) is 19.8. The van der Waals surface area contributed by atoms with Gasteiger partial charge < -0.3 is 19.6 Å². The number of hydrogen-bond acceptors (Lipinski definition) is 7. The van der Waals surface area contributed by atoms with E-state index in [2.05, 4.69) is 10.1 Å². The van der Waals surface area contributed by atoms with Crippen molar-refractivity contribution < 1.29 is 19.4 Å². The third-order valence-electron chi connectivity index (χ3n) is 5.63. The Bertz CT molecular complexity index is 1280. The molecule has 1 aliphatic rings. The summed E-state index contributed by atoms with van der Waals surface area (Å²) < 4.78 is 6.97. The first-order valence-electron chi connectivity index (χ1n) is 11.1. The number of piperazine rings is 1. The van der Waals surface area contributed by atoms with Crippen LogP contribution in [0, 0.1) is 0 Å². The smallest absolute Gasteiger partial charge is 0.410 e. The average molecular weight is 521 g/mol. The van der Waals surface area contributed by atoms with Crippen LogP contribution in [0.5, 0.6) is 0 Å². The van der Waals surface area contributed by atoms with Gasteiger partial charge in [-0.05, 0) is 45.4 Å². The number of amides is 1. The standard InChI is InChI=1S/C23H26Cl2N6O4/c1-13(15-6-5-14(24)11-16(15)25)31-20-18(19(28-31)21(32)33)26-12-17(27-20)29-7-9-30(10-8-29)22(34)35-23(2,3)4/h5-6,11-13H,7-10H2,1-4H3,(H,32,33). The Hall–Kier alpha value is -3.11. The van der Waals surface area contributed by atoms with Crippen LogP contribution in [0.1, 0.15) is 49.8 Å². The molecule has 1 amide bonds. The largest absolute Gasteiger partial charge is 0.476 e. The maximum Gasteiger partial charge on any atom is 0.410 e. The molecule has 0 radical (unpaired) electrons. The molecule has 3 aromatic rings. The van der Waals surface area contributed by atoms with Crippen LogP contribution in [0.15, 0.2) is 24.4 Å². The highest BCUT2D eigenvalue weighted by molar-refractivity contribution is 6.35. The van der Waals surface area contributed by atoms with E-state index in [-0.39, 0.29) is 17.3 Å². The van der Waals surface area contributed by atoms with Crippen LogP contribution < -0.4 is 4.90 Å². The molecule has 1 atom stereocenters. The van der Waals surface area contributed by atoms with Gasteiger partial charge in [-0.3, -0.25) is 0 Å². The van der Waals surface area contributed by atoms with Gasteiger partial charge >= 0.3 is 12.1 Å². The van der Waals surface area contributed by atoms with Crippen molar-refractivity contribution in [2.24, 2.45) is 0 Å². The zero-order chi connectivity index (χ0) is 25.5. The summed E-state index contributed by atoms with van der Waals surface area (Å²) in [6.07, 6.45) is 1.18. The molecule has 0 spiro atoms. The maximum absolute atomic E-state index is 12.4. The second-order valence-electron chi connectivity index (χ2n) is 9.29. The number of hydrogen-bond donors (Lipinski definition) is 1. The van der Waals surface area contributed by atoms with Gasteiger partial charge in [0.05, 0.1) is 12.2 Å². The minimum Gasteiger partial charge on any atom is -0.476 e. The van der Waals surface area contributed by atoms with E-state index in [1.807, 2.05) is 32.6 Å². The fraction of sp³-hybridized carbons (Fsp3) is 0.435. The van der Waals surface area contributed by atoms with Gasteiger partial charge in [-0.15, -0.1) is 0 Å². The van der Waals surface area contributed by atoms with E-state index >= 15 is 0 Å². The second kappa shape index (κ2) is 9.50. The summed E-state index contributed by atoms with van der Waals surface area (Å²) in [4.78, 5) is 37.0.